The standard InChI is InChI=1S/C8H6BNO2/c9-4-1-2-5-6(3-4)10-8(12)7(5)11/h1-3H,9H2,(H,10,11,12). The zero-order valence-electron chi connectivity index (χ0n) is 6.55. The Kier molecular flexibility index (Phi) is 1.30. The Morgan fingerprint density at radius 3 is 2.75 bits per heavy atom. The van der Waals surface area contributed by atoms with Crippen LogP contribution in [-0.4, -0.2) is 19.5 Å². The van der Waals surface area contributed by atoms with Gasteiger partial charge in [-0.2, -0.15) is 0 Å². The molecule has 0 atom stereocenters. The number of fused-ring (bicyclic) bond motifs is 1. The molecule has 1 aliphatic rings. The number of carbonyl (C=O) groups excluding carboxylic acids is 2. The van der Waals surface area contributed by atoms with E-state index in [2.05, 4.69) is 5.32 Å². The van der Waals surface area contributed by atoms with Gasteiger partial charge in [0.25, 0.3) is 11.7 Å². The van der Waals surface area contributed by atoms with Crippen LogP contribution in [0.2, 0.25) is 0 Å². The van der Waals surface area contributed by atoms with Crippen LogP contribution in [-0.2, 0) is 4.79 Å². The molecule has 1 aromatic rings. The van der Waals surface area contributed by atoms with E-state index < -0.39 is 11.7 Å². The summed E-state index contributed by atoms with van der Waals surface area (Å²) in [5.41, 5.74) is 2.14. The molecule has 1 heterocycles. The third-order valence-corrected chi connectivity index (χ3v) is 1.87. The fourth-order valence-corrected chi connectivity index (χ4v) is 1.26. The number of nitrogens with one attached hydrogen (secondary N) is 1. The second kappa shape index (κ2) is 2.20. The van der Waals surface area contributed by atoms with Crippen molar-refractivity contribution in [2.24, 2.45) is 0 Å². The summed E-state index contributed by atoms with van der Waals surface area (Å²) in [6.45, 7) is 0. The SMILES string of the molecule is Bc1ccc2c(c1)NC(=O)C2=O. The minimum atomic E-state index is -0.532. The molecular formula is C8H6BNO2. The maximum atomic E-state index is 11.1. The maximum Gasteiger partial charge on any atom is 0.296 e. The number of carbonyl (C=O) groups is 2. The van der Waals surface area contributed by atoms with E-state index in [1.165, 1.54) is 0 Å². The first-order valence-corrected chi connectivity index (χ1v) is 3.65. The lowest BCUT2D eigenvalue weighted by molar-refractivity contribution is -0.112. The lowest BCUT2D eigenvalue weighted by Crippen LogP contribution is -2.12. The molecular weight excluding hydrogens is 153 g/mol. The molecule has 0 saturated heterocycles. The predicted molar refractivity (Wildman–Crippen MR) is 47.6 cm³/mol. The summed E-state index contributed by atoms with van der Waals surface area (Å²) in [5.74, 6) is -0.972. The quantitative estimate of drug-likeness (QED) is 0.393. The highest BCUT2D eigenvalue weighted by Crippen LogP contribution is 2.20. The van der Waals surface area contributed by atoms with Crippen LogP contribution in [0, 0.1) is 0 Å². The van der Waals surface area contributed by atoms with Gasteiger partial charge in [-0.3, -0.25) is 9.59 Å². The number of anilines is 1. The van der Waals surface area contributed by atoms with E-state index in [1.54, 1.807) is 12.1 Å². The van der Waals surface area contributed by atoms with Crippen LogP contribution in [0.15, 0.2) is 18.2 Å². The highest BCUT2D eigenvalue weighted by molar-refractivity contribution is 6.52. The summed E-state index contributed by atoms with van der Waals surface area (Å²) in [6.07, 6.45) is 0. The third-order valence-electron chi connectivity index (χ3n) is 1.87. The molecule has 1 N–H and O–H groups in total. The third kappa shape index (κ3) is 0.846. The van der Waals surface area contributed by atoms with Crippen LogP contribution < -0.4 is 10.8 Å². The highest BCUT2D eigenvalue weighted by atomic mass is 16.2. The van der Waals surface area contributed by atoms with Crippen LogP contribution >= 0.6 is 0 Å². The van der Waals surface area contributed by atoms with Gasteiger partial charge < -0.3 is 5.32 Å². The number of Topliss-reactive ketones (excluding diaryl/α,β-unsaturated/α-hetero) is 1. The highest BCUT2D eigenvalue weighted by Gasteiger charge is 2.27. The average molecular weight is 159 g/mol. The molecule has 0 saturated carbocycles. The van der Waals surface area contributed by atoms with Crippen LogP contribution in [0.25, 0.3) is 0 Å². The van der Waals surface area contributed by atoms with E-state index in [0.717, 1.165) is 5.46 Å². The van der Waals surface area contributed by atoms with Crippen LogP contribution in [0.1, 0.15) is 10.4 Å². The minimum Gasteiger partial charge on any atom is -0.318 e. The lowest BCUT2D eigenvalue weighted by atomic mass is 9.94. The zero-order chi connectivity index (χ0) is 8.72. The second-order valence-corrected chi connectivity index (χ2v) is 2.83. The molecule has 0 radical (unpaired) electrons. The molecule has 0 spiro atoms. The van der Waals surface area contributed by atoms with Gasteiger partial charge >= 0.3 is 0 Å². The van der Waals surface area contributed by atoms with E-state index in [9.17, 15) is 9.59 Å². The molecule has 12 heavy (non-hydrogen) atoms. The Morgan fingerprint density at radius 1 is 1.25 bits per heavy atom. The van der Waals surface area contributed by atoms with Gasteiger partial charge in [-0.25, -0.2) is 0 Å². The first-order chi connectivity index (χ1) is 5.68. The Hall–Kier alpha value is -1.58. The van der Waals surface area contributed by atoms with Crippen molar-refractivity contribution >= 4 is 30.7 Å². The summed E-state index contributed by atoms with van der Waals surface area (Å²) < 4.78 is 0. The van der Waals surface area contributed by atoms with Crippen LogP contribution in [0.5, 0.6) is 0 Å². The number of rotatable bonds is 0. The molecule has 1 amide bonds. The molecule has 1 aliphatic heterocycles. The van der Waals surface area contributed by atoms with Crippen molar-refractivity contribution in [3.05, 3.63) is 23.8 Å². The summed E-state index contributed by atoms with van der Waals surface area (Å²) >= 11 is 0. The van der Waals surface area contributed by atoms with Crippen LogP contribution in [0.4, 0.5) is 5.69 Å². The molecule has 2 rings (SSSR count). The summed E-state index contributed by atoms with van der Waals surface area (Å²) in [6, 6.07) is 5.28. The van der Waals surface area contributed by atoms with Gasteiger partial charge in [0.2, 0.25) is 0 Å². The van der Waals surface area contributed by atoms with Crippen LogP contribution in [0.3, 0.4) is 0 Å². The van der Waals surface area contributed by atoms with Crippen molar-refractivity contribution in [1.82, 2.24) is 0 Å². The molecule has 1 aromatic carbocycles. The first-order valence-electron chi connectivity index (χ1n) is 3.65. The van der Waals surface area contributed by atoms with Gasteiger partial charge in [0.15, 0.2) is 0 Å². The molecule has 58 valence electrons. The average Bonchev–Trinajstić information content (AvgIpc) is 2.28. The predicted octanol–water partition coefficient (Wildman–Crippen LogP) is -0.920. The molecule has 0 bridgehead atoms. The van der Waals surface area contributed by atoms with Gasteiger partial charge in [-0.1, -0.05) is 11.5 Å². The van der Waals surface area contributed by atoms with E-state index in [-0.39, 0.29) is 0 Å². The molecule has 0 fully saturated rings. The molecule has 4 heteroatoms. The largest absolute Gasteiger partial charge is 0.318 e. The lowest BCUT2D eigenvalue weighted by Gasteiger charge is -1.96. The molecule has 0 aliphatic carbocycles. The van der Waals surface area contributed by atoms with Gasteiger partial charge in [-0.05, 0) is 12.1 Å². The minimum absolute atomic E-state index is 0.440. The van der Waals surface area contributed by atoms with E-state index in [0.29, 0.717) is 11.3 Å². The van der Waals surface area contributed by atoms with Crippen molar-refractivity contribution in [1.29, 1.82) is 0 Å². The molecule has 0 unspecified atom stereocenters. The van der Waals surface area contributed by atoms with Gasteiger partial charge in [0.05, 0.1) is 11.3 Å². The number of hydrogen-bond acceptors (Lipinski definition) is 2. The van der Waals surface area contributed by atoms with Crippen molar-refractivity contribution < 1.29 is 9.59 Å². The summed E-state index contributed by atoms with van der Waals surface area (Å²) in [7, 11) is 1.91. The second-order valence-electron chi connectivity index (χ2n) is 2.83. The first kappa shape index (κ1) is 7.09. The summed E-state index contributed by atoms with van der Waals surface area (Å²) in [5, 5.41) is 2.50. The zero-order valence-corrected chi connectivity index (χ0v) is 6.55. The Balaban J connectivity index is 2.62. The topological polar surface area (TPSA) is 46.2 Å². The van der Waals surface area contributed by atoms with Crippen molar-refractivity contribution in [3.63, 3.8) is 0 Å². The summed E-state index contributed by atoms with van der Waals surface area (Å²) in [4.78, 5) is 22.0. The fourth-order valence-electron chi connectivity index (χ4n) is 1.26. The Bertz CT molecular complexity index is 387. The number of hydrogen-bond donors (Lipinski definition) is 1. The molecule has 0 aromatic heterocycles. The molecule has 3 nitrogen and oxygen atoms in total. The monoisotopic (exact) mass is 159 g/mol. The Morgan fingerprint density at radius 2 is 2.00 bits per heavy atom. The van der Waals surface area contributed by atoms with Crippen molar-refractivity contribution in [2.75, 3.05) is 5.32 Å². The van der Waals surface area contributed by atoms with E-state index in [4.69, 9.17) is 0 Å². The Labute approximate surface area is 70.2 Å². The normalized spacial score (nSPS) is 14.3. The van der Waals surface area contributed by atoms with Gasteiger partial charge in [0, 0.05) is 0 Å². The van der Waals surface area contributed by atoms with Crippen molar-refractivity contribution in [2.45, 2.75) is 0 Å². The van der Waals surface area contributed by atoms with Crippen molar-refractivity contribution in [3.8, 4) is 0 Å². The van der Waals surface area contributed by atoms with Gasteiger partial charge in [-0.15, -0.1) is 0 Å². The van der Waals surface area contributed by atoms with Gasteiger partial charge in [0.1, 0.15) is 7.85 Å². The smallest absolute Gasteiger partial charge is 0.296 e. The number of ketones is 1. The number of benzene rings is 1. The maximum absolute atomic E-state index is 11.1. The van der Waals surface area contributed by atoms with E-state index in [1.807, 2.05) is 13.9 Å². The van der Waals surface area contributed by atoms with E-state index >= 15 is 0 Å². The fraction of sp³-hybridized carbons (Fsp3) is 0. The number of amides is 1.